The third kappa shape index (κ3) is 2.75. The lowest BCUT2D eigenvalue weighted by Gasteiger charge is -2.22. The molecule has 0 saturated carbocycles. The van der Waals surface area contributed by atoms with Crippen molar-refractivity contribution >= 4 is 0 Å². The summed E-state index contributed by atoms with van der Waals surface area (Å²) in [6.45, 7) is 9.03. The van der Waals surface area contributed by atoms with Crippen LogP contribution in [-0.2, 0) is 11.0 Å². The van der Waals surface area contributed by atoms with Gasteiger partial charge in [0, 0.05) is 6.20 Å². The summed E-state index contributed by atoms with van der Waals surface area (Å²) in [5.41, 5.74) is -0.449. The highest BCUT2D eigenvalue weighted by Crippen LogP contribution is 2.26. The molecule has 2 nitrogen and oxygen atoms in total. The van der Waals surface area contributed by atoms with Crippen LogP contribution in [0, 0.1) is 5.82 Å². The Labute approximate surface area is 90.2 Å². The van der Waals surface area contributed by atoms with E-state index in [9.17, 15) is 9.50 Å². The van der Waals surface area contributed by atoms with Gasteiger partial charge < -0.3 is 5.11 Å². The summed E-state index contributed by atoms with van der Waals surface area (Å²) in [5.74, 6) is -0.449. The molecular formula is C12H18FNO. The minimum Gasteiger partial charge on any atom is -0.384 e. The molecule has 0 atom stereocenters. The van der Waals surface area contributed by atoms with Crippen LogP contribution in [0.1, 0.15) is 45.9 Å². The maximum atomic E-state index is 13.7. The van der Waals surface area contributed by atoms with Crippen molar-refractivity contribution in [1.29, 1.82) is 0 Å². The Hall–Kier alpha value is -0.960. The standard InChI is InChI=1S/C12H18FNO/c1-11(2,3)8-6-9(13)10(14-7-8)12(4,5)15/h6-7,15H,1-5H3. The second-order valence-electron chi connectivity index (χ2n) is 5.36. The van der Waals surface area contributed by atoms with Crippen molar-refractivity contribution in [2.45, 2.75) is 45.6 Å². The maximum Gasteiger partial charge on any atom is 0.147 e. The summed E-state index contributed by atoms with van der Waals surface area (Å²) in [6.07, 6.45) is 1.62. The highest BCUT2D eigenvalue weighted by Gasteiger charge is 2.24. The van der Waals surface area contributed by atoms with E-state index in [0.29, 0.717) is 0 Å². The first-order valence-corrected chi connectivity index (χ1v) is 5.01. The number of hydrogen-bond acceptors (Lipinski definition) is 2. The van der Waals surface area contributed by atoms with Crippen LogP contribution >= 0.6 is 0 Å². The predicted molar refractivity (Wildman–Crippen MR) is 58.1 cm³/mol. The Balaban J connectivity index is 3.21. The van der Waals surface area contributed by atoms with Crippen molar-refractivity contribution in [3.8, 4) is 0 Å². The summed E-state index contributed by atoms with van der Waals surface area (Å²) in [5, 5.41) is 9.66. The lowest BCUT2D eigenvalue weighted by Crippen LogP contribution is -2.21. The molecule has 1 heterocycles. The lowest BCUT2D eigenvalue weighted by atomic mass is 9.87. The van der Waals surface area contributed by atoms with E-state index in [4.69, 9.17) is 0 Å². The summed E-state index contributed by atoms with van der Waals surface area (Å²) in [6, 6.07) is 1.44. The van der Waals surface area contributed by atoms with Gasteiger partial charge in [0.15, 0.2) is 0 Å². The van der Waals surface area contributed by atoms with Crippen LogP contribution in [0.5, 0.6) is 0 Å². The van der Waals surface area contributed by atoms with E-state index in [2.05, 4.69) is 4.98 Å². The van der Waals surface area contributed by atoms with Crippen molar-refractivity contribution in [3.63, 3.8) is 0 Å². The Morgan fingerprint density at radius 2 is 1.73 bits per heavy atom. The van der Waals surface area contributed by atoms with Gasteiger partial charge in [-0.25, -0.2) is 4.39 Å². The first-order valence-electron chi connectivity index (χ1n) is 5.01. The van der Waals surface area contributed by atoms with Gasteiger partial charge in [0.2, 0.25) is 0 Å². The summed E-state index contributed by atoms with van der Waals surface area (Å²) >= 11 is 0. The van der Waals surface area contributed by atoms with E-state index in [-0.39, 0.29) is 11.1 Å². The van der Waals surface area contributed by atoms with Crippen LogP contribution < -0.4 is 0 Å². The predicted octanol–water partition coefficient (Wildman–Crippen LogP) is 2.75. The fraction of sp³-hybridized carbons (Fsp3) is 0.583. The molecule has 0 amide bonds. The molecule has 1 rings (SSSR count). The van der Waals surface area contributed by atoms with E-state index >= 15 is 0 Å². The van der Waals surface area contributed by atoms with Crippen LogP contribution in [0.2, 0.25) is 0 Å². The Morgan fingerprint density at radius 1 is 1.20 bits per heavy atom. The van der Waals surface area contributed by atoms with Crippen molar-refractivity contribution in [3.05, 3.63) is 29.3 Å². The van der Waals surface area contributed by atoms with Crippen LogP contribution in [0.25, 0.3) is 0 Å². The summed E-state index contributed by atoms with van der Waals surface area (Å²) < 4.78 is 13.7. The second-order valence-corrected chi connectivity index (χ2v) is 5.36. The number of nitrogens with zero attached hydrogens (tertiary/aromatic N) is 1. The zero-order valence-corrected chi connectivity index (χ0v) is 9.93. The number of hydrogen-bond donors (Lipinski definition) is 1. The molecule has 0 aromatic carbocycles. The molecule has 0 bridgehead atoms. The molecular weight excluding hydrogens is 193 g/mol. The smallest absolute Gasteiger partial charge is 0.147 e. The molecule has 1 N–H and O–H groups in total. The topological polar surface area (TPSA) is 33.1 Å². The van der Waals surface area contributed by atoms with Gasteiger partial charge in [-0.3, -0.25) is 4.98 Å². The van der Waals surface area contributed by atoms with Gasteiger partial charge in [-0.1, -0.05) is 20.8 Å². The Morgan fingerprint density at radius 3 is 2.07 bits per heavy atom. The van der Waals surface area contributed by atoms with Gasteiger partial charge in [0.25, 0.3) is 0 Å². The first-order chi connectivity index (χ1) is 6.62. The molecule has 0 saturated heterocycles. The molecule has 3 heteroatoms. The average molecular weight is 211 g/mol. The molecule has 0 unspecified atom stereocenters. The third-order valence-electron chi connectivity index (χ3n) is 2.29. The van der Waals surface area contributed by atoms with Gasteiger partial charge in [0.1, 0.15) is 17.1 Å². The number of pyridine rings is 1. The van der Waals surface area contributed by atoms with Gasteiger partial charge in [-0.15, -0.1) is 0 Å². The maximum absolute atomic E-state index is 13.7. The molecule has 0 aliphatic carbocycles. The van der Waals surface area contributed by atoms with Crippen molar-refractivity contribution in [1.82, 2.24) is 4.98 Å². The van der Waals surface area contributed by atoms with Gasteiger partial charge in [-0.05, 0) is 30.9 Å². The van der Waals surface area contributed by atoms with Crippen molar-refractivity contribution in [2.75, 3.05) is 0 Å². The van der Waals surface area contributed by atoms with E-state index in [0.717, 1.165) is 5.56 Å². The van der Waals surface area contributed by atoms with E-state index < -0.39 is 11.4 Å². The molecule has 15 heavy (non-hydrogen) atoms. The summed E-state index contributed by atoms with van der Waals surface area (Å²) in [4.78, 5) is 3.99. The molecule has 84 valence electrons. The van der Waals surface area contributed by atoms with Gasteiger partial charge in [-0.2, -0.15) is 0 Å². The Bertz CT molecular complexity index is 361. The molecule has 0 radical (unpaired) electrons. The van der Waals surface area contributed by atoms with Crippen LogP contribution in [0.3, 0.4) is 0 Å². The first kappa shape index (κ1) is 12.1. The molecule has 0 spiro atoms. The number of aromatic nitrogens is 1. The average Bonchev–Trinajstić information content (AvgIpc) is 1.99. The largest absolute Gasteiger partial charge is 0.384 e. The Kier molecular flexibility index (Phi) is 2.88. The lowest BCUT2D eigenvalue weighted by molar-refractivity contribution is 0.0693. The van der Waals surface area contributed by atoms with Crippen molar-refractivity contribution in [2.24, 2.45) is 0 Å². The molecule has 0 aliphatic heterocycles. The molecule has 0 aliphatic rings. The van der Waals surface area contributed by atoms with Crippen LogP contribution in [-0.4, -0.2) is 10.1 Å². The number of aliphatic hydroxyl groups is 1. The van der Waals surface area contributed by atoms with Crippen LogP contribution in [0.15, 0.2) is 12.3 Å². The van der Waals surface area contributed by atoms with E-state index in [1.807, 2.05) is 20.8 Å². The monoisotopic (exact) mass is 211 g/mol. The van der Waals surface area contributed by atoms with E-state index in [1.54, 1.807) is 6.20 Å². The van der Waals surface area contributed by atoms with E-state index in [1.165, 1.54) is 19.9 Å². The third-order valence-corrected chi connectivity index (χ3v) is 2.29. The highest BCUT2D eigenvalue weighted by atomic mass is 19.1. The SMILES string of the molecule is CC(C)(C)c1cnc(C(C)(C)O)c(F)c1. The van der Waals surface area contributed by atoms with Gasteiger partial charge in [0.05, 0.1) is 0 Å². The summed E-state index contributed by atoms with van der Waals surface area (Å²) in [7, 11) is 0. The zero-order chi connectivity index (χ0) is 11.9. The highest BCUT2D eigenvalue weighted by molar-refractivity contribution is 5.24. The van der Waals surface area contributed by atoms with Crippen molar-refractivity contribution < 1.29 is 9.50 Å². The number of rotatable bonds is 1. The molecule has 0 fully saturated rings. The second kappa shape index (κ2) is 3.56. The molecule has 1 aromatic heterocycles. The normalized spacial score (nSPS) is 13.0. The van der Waals surface area contributed by atoms with Crippen LogP contribution in [0.4, 0.5) is 4.39 Å². The molecule has 1 aromatic rings. The fourth-order valence-electron chi connectivity index (χ4n) is 1.30. The zero-order valence-electron chi connectivity index (χ0n) is 9.93. The minimum absolute atomic E-state index is 0.0931. The quantitative estimate of drug-likeness (QED) is 0.774. The fourth-order valence-corrected chi connectivity index (χ4v) is 1.30. The van der Waals surface area contributed by atoms with Gasteiger partial charge >= 0.3 is 0 Å². The number of halogens is 1. The minimum atomic E-state index is -1.24.